The van der Waals surface area contributed by atoms with Crippen LogP contribution in [-0.4, -0.2) is 27.5 Å². The molecule has 5 heteroatoms. The summed E-state index contributed by atoms with van der Waals surface area (Å²) in [6.45, 7) is 3.93. The van der Waals surface area contributed by atoms with Gasteiger partial charge in [-0.2, -0.15) is 0 Å². The van der Waals surface area contributed by atoms with Crippen LogP contribution in [0, 0.1) is 5.92 Å². The molecule has 100 valence electrons. The fourth-order valence-corrected chi connectivity index (χ4v) is 2.51. The average Bonchev–Trinajstić information content (AvgIpc) is 2.96. The first-order valence-electron chi connectivity index (χ1n) is 6.63. The van der Waals surface area contributed by atoms with Gasteiger partial charge in [-0.25, -0.2) is 4.98 Å². The topological polar surface area (TPSA) is 72.9 Å². The van der Waals surface area contributed by atoms with E-state index in [4.69, 9.17) is 5.73 Å². The number of carbonyl (C=O) groups is 1. The molecule has 1 amide bonds. The van der Waals surface area contributed by atoms with Crippen LogP contribution in [0.15, 0.2) is 18.7 Å². The summed E-state index contributed by atoms with van der Waals surface area (Å²) in [5.41, 5.74) is 5.87. The Labute approximate surface area is 108 Å². The fraction of sp³-hybridized carbons (Fsp3) is 0.692. The summed E-state index contributed by atoms with van der Waals surface area (Å²) < 4.78 is 2.08. The molecule has 1 heterocycles. The molecule has 0 aliphatic heterocycles. The predicted molar refractivity (Wildman–Crippen MR) is 69.9 cm³/mol. The first kappa shape index (κ1) is 13.1. The standard InChI is InChI=1S/C13H22N4O/c1-9(2)12(14)13(18)16-10-4-3-5-11(10)17-7-6-15-8-17/h6-12H,3-5,14H2,1-2H3,(H,16,18)/t10?,11?,12-/m0/s1. The Bertz CT molecular complexity index is 388. The first-order valence-corrected chi connectivity index (χ1v) is 6.63. The predicted octanol–water partition coefficient (Wildman–Crippen LogP) is 1.08. The van der Waals surface area contributed by atoms with E-state index in [1.165, 1.54) is 0 Å². The van der Waals surface area contributed by atoms with Gasteiger partial charge in [0.1, 0.15) is 0 Å². The largest absolute Gasteiger partial charge is 0.350 e. The van der Waals surface area contributed by atoms with Crippen molar-refractivity contribution >= 4 is 5.91 Å². The molecule has 3 atom stereocenters. The monoisotopic (exact) mass is 250 g/mol. The third-order valence-corrected chi connectivity index (χ3v) is 3.74. The van der Waals surface area contributed by atoms with Crippen LogP contribution in [0.25, 0.3) is 0 Å². The van der Waals surface area contributed by atoms with E-state index in [1.54, 1.807) is 6.20 Å². The SMILES string of the molecule is CC(C)[C@H](N)C(=O)NC1CCCC1n1ccnc1. The minimum Gasteiger partial charge on any atom is -0.350 e. The average molecular weight is 250 g/mol. The molecule has 0 spiro atoms. The molecule has 1 aromatic heterocycles. The number of nitrogens with one attached hydrogen (secondary N) is 1. The minimum atomic E-state index is -0.422. The zero-order valence-electron chi connectivity index (χ0n) is 11.0. The van der Waals surface area contributed by atoms with Gasteiger partial charge in [0.15, 0.2) is 0 Å². The lowest BCUT2D eigenvalue weighted by Gasteiger charge is -2.24. The Morgan fingerprint density at radius 1 is 1.50 bits per heavy atom. The van der Waals surface area contributed by atoms with Crippen LogP contribution in [0.5, 0.6) is 0 Å². The van der Waals surface area contributed by atoms with Gasteiger partial charge in [0.05, 0.1) is 18.4 Å². The molecule has 1 aliphatic carbocycles. The lowest BCUT2D eigenvalue weighted by atomic mass is 10.0. The number of hydrogen-bond donors (Lipinski definition) is 2. The number of nitrogens with two attached hydrogens (primary N) is 1. The summed E-state index contributed by atoms with van der Waals surface area (Å²) in [7, 11) is 0. The van der Waals surface area contributed by atoms with E-state index in [2.05, 4.69) is 14.9 Å². The summed E-state index contributed by atoms with van der Waals surface area (Å²) in [6, 6.07) is 0.0707. The van der Waals surface area contributed by atoms with Crippen molar-refractivity contribution < 1.29 is 4.79 Å². The molecule has 18 heavy (non-hydrogen) atoms. The lowest BCUT2D eigenvalue weighted by Crippen LogP contribution is -2.48. The number of carbonyl (C=O) groups excluding carboxylic acids is 1. The van der Waals surface area contributed by atoms with Crippen molar-refractivity contribution in [2.75, 3.05) is 0 Å². The zero-order valence-corrected chi connectivity index (χ0v) is 11.0. The summed E-state index contributed by atoms with van der Waals surface area (Å²) >= 11 is 0. The number of imidazole rings is 1. The molecule has 0 radical (unpaired) electrons. The van der Waals surface area contributed by atoms with Crippen molar-refractivity contribution in [2.45, 2.75) is 51.2 Å². The van der Waals surface area contributed by atoms with Gasteiger partial charge in [0.25, 0.3) is 0 Å². The molecule has 1 fully saturated rings. The van der Waals surface area contributed by atoms with Gasteiger partial charge in [0, 0.05) is 18.4 Å². The molecule has 1 aliphatic rings. The van der Waals surface area contributed by atoms with Crippen LogP contribution in [-0.2, 0) is 4.79 Å². The van der Waals surface area contributed by atoms with E-state index in [-0.39, 0.29) is 17.9 Å². The van der Waals surface area contributed by atoms with Gasteiger partial charge in [-0.1, -0.05) is 13.8 Å². The van der Waals surface area contributed by atoms with Crippen LogP contribution in [0.1, 0.15) is 39.2 Å². The summed E-state index contributed by atoms with van der Waals surface area (Å²) in [5.74, 6) is 0.125. The highest BCUT2D eigenvalue weighted by molar-refractivity contribution is 5.82. The third-order valence-electron chi connectivity index (χ3n) is 3.74. The van der Waals surface area contributed by atoms with Crippen molar-refractivity contribution in [1.29, 1.82) is 0 Å². The van der Waals surface area contributed by atoms with Crippen molar-refractivity contribution in [2.24, 2.45) is 11.7 Å². The first-order chi connectivity index (χ1) is 8.59. The van der Waals surface area contributed by atoms with Gasteiger partial charge < -0.3 is 15.6 Å². The second kappa shape index (κ2) is 5.52. The summed E-state index contributed by atoms with van der Waals surface area (Å²) in [5, 5.41) is 3.09. The molecule has 2 unspecified atom stereocenters. The molecule has 0 bridgehead atoms. The van der Waals surface area contributed by atoms with E-state index in [1.807, 2.05) is 26.4 Å². The van der Waals surface area contributed by atoms with Crippen LogP contribution < -0.4 is 11.1 Å². The molecule has 3 N–H and O–H groups in total. The zero-order chi connectivity index (χ0) is 13.1. The number of aromatic nitrogens is 2. The number of nitrogens with zero attached hydrogens (tertiary/aromatic N) is 2. The molecule has 2 rings (SSSR count). The Balaban J connectivity index is 1.98. The molecule has 0 saturated heterocycles. The Kier molecular flexibility index (Phi) is 4.01. The van der Waals surface area contributed by atoms with E-state index in [0.29, 0.717) is 6.04 Å². The van der Waals surface area contributed by atoms with Crippen molar-refractivity contribution in [3.05, 3.63) is 18.7 Å². The minimum absolute atomic E-state index is 0.0398. The van der Waals surface area contributed by atoms with E-state index < -0.39 is 6.04 Å². The van der Waals surface area contributed by atoms with Crippen LogP contribution in [0.2, 0.25) is 0 Å². The van der Waals surface area contributed by atoms with Crippen molar-refractivity contribution in [1.82, 2.24) is 14.9 Å². The van der Waals surface area contributed by atoms with Crippen LogP contribution in [0.3, 0.4) is 0 Å². The van der Waals surface area contributed by atoms with Gasteiger partial charge in [0.2, 0.25) is 5.91 Å². The second-order valence-corrected chi connectivity index (χ2v) is 5.39. The molecule has 1 aromatic rings. The normalized spacial score (nSPS) is 25.3. The van der Waals surface area contributed by atoms with E-state index in [0.717, 1.165) is 19.3 Å². The maximum absolute atomic E-state index is 12.0. The number of hydrogen-bond acceptors (Lipinski definition) is 3. The Hall–Kier alpha value is -1.36. The highest BCUT2D eigenvalue weighted by atomic mass is 16.2. The number of rotatable bonds is 4. The Morgan fingerprint density at radius 2 is 2.28 bits per heavy atom. The molecule has 5 nitrogen and oxygen atoms in total. The summed E-state index contributed by atoms with van der Waals surface area (Å²) in [6.07, 6.45) is 8.77. The number of amides is 1. The van der Waals surface area contributed by atoms with Crippen molar-refractivity contribution in [3.8, 4) is 0 Å². The van der Waals surface area contributed by atoms with E-state index in [9.17, 15) is 4.79 Å². The maximum atomic E-state index is 12.0. The fourth-order valence-electron chi connectivity index (χ4n) is 2.51. The highest BCUT2D eigenvalue weighted by Gasteiger charge is 2.31. The van der Waals surface area contributed by atoms with Gasteiger partial charge in [-0.3, -0.25) is 4.79 Å². The molecule has 0 aromatic carbocycles. The maximum Gasteiger partial charge on any atom is 0.237 e. The van der Waals surface area contributed by atoms with E-state index >= 15 is 0 Å². The van der Waals surface area contributed by atoms with Crippen LogP contribution in [0.4, 0.5) is 0 Å². The second-order valence-electron chi connectivity index (χ2n) is 5.39. The van der Waals surface area contributed by atoms with Gasteiger partial charge in [-0.05, 0) is 25.2 Å². The highest BCUT2D eigenvalue weighted by Crippen LogP contribution is 2.29. The third kappa shape index (κ3) is 2.72. The molecular formula is C13H22N4O. The Morgan fingerprint density at radius 3 is 2.89 bits per heavy atom. The van der Waals surface area contributed by atoms with Gasteiger partial charge >= 0.3 is 0 Å². The molecule has 1 saturated carbocycles. The van der Waals surface area contributed by atoms with Gasteiger partial charge in [-0.15, -0.1) is 0 Å². The smallest absolute Gasteiger partial charge is 0.237 e. The lowest BCUT2D eigenvalue weighted by molar-refractivity contribution is -0.124. The summed E-state index contributed by atoms with van der Waals surface area (Å²) in [4.78, 5) is 16.1. The van der Waals surface area contributed by atoms with Crippen LogP contribution >= 0.6 is 0 Å². The quantitative estimate of drug-likeness (QED) is 0.839. The molecular weight excluding hydrogens is 228 g/mol. The van der Waals surface area contributed by atoms with Crippen molar-refractivity contribution in [3.63, 3.8) is 0 Å².